The van der Waals surface area contributed by atoms with Crippen molar-refractivity contribution in [1.29, 1.82) is 0 Å². The summed E-state index contributed by atoms with van der Waals surface area (Å²) in [6, 6.07) is 0. The standard InChI is InChI=1S/C8H14O2.C7H12O2/c1-4-5-6-10-8(9)7(2)3;1-4-6(3)9-7(8)5-2/h2,4-6H2,1,3H3;5-6H,2,4H2,1,3H3. The van der Waals surface area contributed by atoms with Gasteiger partial charge in [0.15, 0.2) is 0 Å². The third kappa shape index (κ3) is 14.4. The summed E-state index contributed by atoms with van der Waals surface area (Å²) in [4.78, 5) is 21.1. The van der Waals surface area contributed by atoms with E-state index in [4.69, 9.17) is 9.47 Å². The monoisotopic (exact) mass is 270 g/mol. The molecule has 4 nitrogen and oxygen atoms in total. The van der Waals surface area contributed by atoms with E-state index in [0.29, 0.717) is 12.2 Å². The fourth-order valence-corrected chi connectivity index (χ4v) is 0.762. The van der Waals surface area contributed by atoms with E-state index in [0.717, 1.165) is 19.3 Å². The normalized spacial score (nSPS) is 10.5. The Bertz CT molecular complexity index is 295. The largest absolute Gasteiger partial charge is 0.462 e. The van der Waals surface area contributed by atoms with Crippen molar-refractivity contribution >= 4 is 11.9 Å². The third-order valence-corrected chi connectivity index (χ3v) is 2.14. The van der Waals surface area contributed by atoms with Crippen molar-refractivity contribution in [2.45, 2.75) is 53.1 Å². The topological polar surface area (TPSA) is 52.6 Å². The van der Waals surface area contributed by atoms with E-state index in [9.17, 15) is 9.59 Å². The van der Waals surface area contributed by atoms with E-state index >= 15 is 0 Å². The molecule has 0 heterocycles. The van der Waals surface area contributed by atoms with E-state index in [1.54, 1.807) is 6.92 Å². The average molecular weight is 270 g/mol. The Balaban J connectivity index is 0. The molecule has 110 valence electrons. The van der Waals surface area contributed by atoms with Crippen molar-refractivity contribution < 1.29 is 19.1 Å². The third-order valence-electron chi connectivity index (χ3n) is 2.14. The summed E-state index contributed by atoms with van der Waals surface area (Å²) in [6.07, 6.45) is 4.00. The second-order valence-electron chi connectivity index (χ2n) is 4.13. The van der Waals surface area contributed by atoms with Gasteiger partial charge in [0.2, 0.25) is 0 Å². The van der Waals surface area contributed by atoms with Crippen LogP contribution >= 0.6 is 0 Å². The number of rotatable bonds is 7. The summed E-state index contributed by atoms with van der Waals surface area (Å²) in [6.45, 7) is 14.8. The van der Waals surface area contributed by atoms with Crippen LogP contribution in [0, 0.1) is 0 Å². The fourth-order valence-electron chi connectivity index (χ4n) is 0.762. The molecule has 1 unspecified atom stereocenters. The van der Waals surface area contributed by atoms with Crippen LogP contribution in [-0.4, -0.2) is 24.6 Å². The van der Waals surface area contributed by atoms with Gasteiger partial charge in [0.25, 0.3) is 0 Å². The van der Waals surface area contributed by atoms with Gasteiger partial charge >= 0.3 is 11.9 Å². The first-order chi connectivity index (χ1) is 8.88. The van der Waals surface area contributed by atoms with Crippen LogP contribution in [0.5, 0.6) is 0 Å². The Hall–Kier alpha value is -1.58. The lowest BCUT2D eigenvalue weighted by Gasteiger charge is -2.07. The van der Waals surface area contributed by atoms with Crippen molar-refractivity contribution in [2.24, 2.45) is 0 Å². The summed E-state index contributed by atoms with van der Waals surface area (Å²) < 4.78 is 9.60. The van der Waals surface area contributed by atoms with E-state index in [1.165, 1.54) is 6.08 Å². The molecule has 0 saturated heterocycles. The molecule has 0 N–H and O–H groups in total. The Morgan fingerprint density at radius 1 is 1.32 bits per heavy atom. The lowest BCUT2D eigenvalue weighted by Crippen LogP contribution is -2.10. The van der Waals surface area contributed by atoms with Gasteiger partial charge < -0.3 is 9.47 Å². The zero-order valence-electron chi connectivity index (χ0n) is 12.5. The van der Waals surface area contributed by atoms with Crippen LogP contribution in [0.2, 0.25) is 0 Å². The van der Waals surface area contributed by atoms with E-state index in [1.807, 2.05) is 13.8 Å². The first kappa shape index (κ1) is 19.8. The zero-order chi connectivity index (χ0) is 15.3. The average Bonchev–Trinajstić information content (AvgIpc) is 2.39. The van der Waals surface area contributed by atoms with E-state index in [-0.39, 0.29) is 18.0 Å². The predicted octanol–water partition coefficient (Wildman–Crippen LogP) is 3.42. The minimum Gasteiger partial charge on any atom is -0.462 e. The van der Waals surface area contributed by atoms with Crippen molar-refractivity contribution in [3.8, 4) is 0 Å². The molecule has 0 aromatic heterocycles. The summed E-state index contributed by atoms with van der Waals surface area (Å²) in [7, 11) is 0. The summed E-state index contributed by atoms with van der Waals surface area (Å²) in [5.41, 5.74) is 0.469. The molecule has 0 aliphatic rings. The Morgan fingerprint density at radius 2 is 1.89 bits per heavy atom. The molecular weight excluding hydrogens is 244 g/mol. The minimum absolute atomic E-state index is 0.00972. The Labute approximate surface area is 116 Å². The molecule has 0 aliphatic heterocycles. The number of hydrogen-bond donors (Lipinski definition) is 0. The highest BCUT2D eigenvalue weighted by Gasteiger charge is 2.01. The van der Waals surface area contributed by atoms with Gasteiger partial charge in [-0.05, 0) is 26.7 Å². The molecule has 0 rings (SSSR count). The van der Waals surface area contributed by atoms with Crippen molar-refractivity contribution in [2.75, 3.05) is 6.61 Å². The molecule has 0 amide bonds. The minimum atomic E-state index is -0.343. The van der Waals surface area contributed by atoms with E-state index in [2.05, 4.69) is 20.1 Å². The first-order valence-corrected chi connectivity index (χ1v) is 6.54. The van der Waals surface area contributed by atoms with Crippen molar-refractivity contribution in [3.63, 3.8) is 0 Å². The number of ether oxygens (including phenoxy) is 2. The van der Waals surface area contributed by atoms with Gasteiger partial charge in [-0.3, -0.25) is 0 Å². The molecule has 0 fully saturated rings. The van der Waals surface area contributed by atoms with Crippen LogP contribution in [0.4, 0.5) is 0 Å². The Kier molecular flexibility index (Phi) is 13.4. The number of hydrogen-bond acceptors (Lipinski definition) is 4. The van der Waals surface area contributed by atoms with Gasteiger partial charge in [0.05, 0.1) is 12.7 Å². The van der Waals surface area contributed by atoms with Crippen LogP contribution in [0.1, 0.15) is 47.0 Å². The molecule has 0 spiro atoms. The van der Waals surface area contributed by atoms with Gasteiger partial charge in [0, 0.05) is 11.6 Å². The first-order valence-electron chi connectivity index (χ1n) is 6.54. The number of carbonyl (C=O) groups is 2. The second-order valence-corrected chi connectivity index (χ2v) is 4.13. The molecule has 0 aromatic carbocycles. The number of unbranched alkanes of at least 4 members (excludes halogenated alkanes) is 1. The maximum Gasteiger partial charge on any atom is 0.333 e. The van der Waals surface area contributed by atoms with Gasteiger partial charge in [-0.2, -0.15) is 0 Å². The van der Waals surface area contributed by atoms with Gasteiger partial charge in [-0.25, -0.2) is 9.59 Å². The molecule has 0 radical (unpaired) electrons. The van der Waals surface area contributed by atoms with Gasteiger partial charge in [-0.1, -0.05) is 33.4 Å². The lowest BCUT2D eigenvalue weighted by molar-refractivity contribution is -0.142. The van der Waals surface area contributed by atoms with Gasteiger partial charge in [-0.15, -0.1) is 0 Å². The molecule has 0 aliphatic carbocycles. The highest BCUT2D eigenvalue weighted by atomic mass is 16.5. The van der Waals surface area contributed by atoms with Crippen molar-refractivity contribution in [1.82, 2.24) is 0 Å². The van der Waals surface area contributed by atoms with Crippen molar-refractivity contribution in [3.05, 3.63) is 24.8 Å². The van der Waals surface area contributed by atoms with Crippen LogP contribution in [0.15, 0.2) is 24.8 Å². The molecule has 1 atom stereocenters. The van der Waals surface area contributed by atoms with Crippen LogP contribution in [-0.2, 0) is 19.1 Å². The van der Waals surface area contributed by atoms with Crippen LogP contribution < -0.4 is 0 Å². The summed E-state index contributed by atoms with van der Waals surface area (Å²) >= 11 is 0. The smallest absolute Gasteiger partial charge is 0.333 e. The second kappa shape index (κ2) is 12.9. The zero-order valence-corrected chi connectivity index (χ0v) is 12.5. The SMILES string of the molecule is C=C(C)C(=O)OCCCC.C=CC(=O)OC(C)CC. The highest BCUT2D eigenvalue weighted by Crippen LogP contribution is 1.95. The van der Waals surface area contributed by atoms with Crippen LogP contribution in [0.3, 0.4) is 0 Å². The van der Waals surface area contributed by atoms with E-state index < -0.39 is 0 Å². The maximum absolute atomic E-state index is 10.7. The number of esters is 2. The highest BCUT2D eigenvalue weighted by molar-refractivity contribution is 5.86. The fraction of sp³-hybridized carbons (Fsp3) is 0.600. The summed E-state index contributed by atoms with van der Waals surface area (Å²) in [5, 5.41) is 0. The molecule has 0 saturated carbocycles. The quantitative estimate of drug-likeness (QED) is 0.404. The number of carbonyl (C=O) groups excluding carboxylic acids is 2. The molecule has 4 heteroatoms. The van der Waals surface area contributed by atoms with Crippen LogP contribution in [0.25, 0.3) is 0 Å². The Morgan fingerprint density at radius 3 is 2.26 bits per heavy atom. The molecule has 19 heavy (non-hydrogen) atoms. The molecule has 0 bridgehead atoms. The molecule has 0 aromatic rings. The summed E-state index contributed by atoms with van der Waals surface area (Å²) in [5.74, 6) is -0.627. The molecular formula is C15H26O4. The predicted molar refractivity (Wildman–Crippen MR) is 76.7 cm³/mol. The lowest BCUT2D eigenvalue weighted by atomic mass is 10.3. The maximum atomic E-state index is 10.7. The van der Waals surface area contributed by atoms with Gasteiger partial charge in [0.1, 0.15) is 0 Å².